The number of amides is 1. The maximum atomic E-state index is 11.4. The third kappa shape index (κ3) is 2.69. The Morgan fingerprint density at radius 1 is 1.62 bits per heavy atom. The number of likely N-dealkylation sites (tertiary alicyclic amines) is 1. The summed E-state index contributed by atoms with van der Waals surface area (Å²) in [5.74, 6) is 0.301. The number of ether oxygens (including phenoxy) is 1. The molecule has 3 heteroatoms. The molecule has 1 aliphatic heterocycles. The molecule has 1 atom stereocenters. The van der Waals surface area contributed by atoms with Crippen molar-refractivity contribution in [1.82, 2.24) is 4.90 Å². The van der Waals surface area contributed by atoms with Gasteiger partial charge in [0.15, 0.2) is 0 Å². The summed E-state index contributed by atoms with van der Waals surface area (Å²) in [6, 6.07) is 0.479. The molecule has 0 aromatic heterocycles. The summed E-state index contributed by atoms with van der Waals surface area (Å²) in [6.07, 6.45) is 4.06. The minimum absolute atomic E-state index is 0.301. The first-order valence-electron chi connectivity index (χ1n) is 5.08. The molecule has 0 bridgehead atoms. The van der Waals surface area contributed by atoms with E-state index >= 15 is 0 Å². The molecule has 3 nitrogen and oxygen atoms in total. The van der Waals surface area contributed by atoms with E-state index < -0.39 is 0 Å². The fraction of sp³-hybridized carbons (Fsp3) is 0.900. The van der Waals surface area contributed by atoms with E-state index in [1.165, 1.54) is 0 Å². The lowest BCUT2D eigenvalue weighted by molar-refractivity contribution is -0.129. The number of carbonyl (C=O) groups excluding carboxylic acids is 1. The third-order valence-electron chi connectivity index (χ3n) is 2.61. The average Bonchev–Trinajstić information content (AvgIpc) is 2.45. The lowest BCUT2D eigenvalue weighted by atomic mass is 10.1. The van der Waals surface area contributed by atoms with Gasteiger partial charge in [0.05, 0.1) is 6.61 Å². The molecule has 0 aromatic carbocycles. The van der Waals surface area contributed by atoms with Crippen LogP contribution in [-0.2, 0) is 9.53 Å². The highest BCUT2D eigenvalue weighted by Gasteiger charge is 2.29. The van der Waals surface area contributed by atoms with Crippen LogP contribution >= 0.6 is 0 Å². The minimum Gasteiger partial charge on any atom is -0.383 e. The molecule has 1 amide bonds. The zero-order valence-electron chi connectivity index (χ0n) is 8.58. The van der Waals surface area contributed by atoms with Gasteiger partial charge in [-0.05, 0) is 12.8 Å². The Hall–Kier alpha value is -0.570. The fourth-order valence-electron chi connectivity index (χ4n) is 1.92. The van der Waals surface area contributed by atoms with Gasteiger partial charge in [-0.25, -0.2) is 0 Å². The van der Waals surface area contributed by atoms with E-state index in [1.54, 1.807) is 7.11 Å². The first-order valence-corrected chi connectivity index (χ1v) is 5.08. The Morgan fingerprint density at radius 3 is 3.00 bits per heavy atom. The van der Waals surface area contributed by atoms with Crippen LogP contribution in [0.2, 0.25) is 0 Å². The molecule has 1 saturated heterocycles. The van der Waals surface area contributed by atoms with Crippen molar-refractivity contribution in [3.05, 3.63) is 0 Å². The molecule has 0 aromatic rings. The van der Waals surface area contributed by atoms with Crippen molar-refractivity contribution >= 4 is 5.91 Å². The van der Waals surface area contributed by atoms with Crippen LogP contribution < -0.4 is 0 Å². The SMILES string of the molecule is CCCC1CCC(=O)N1CCOC. The molecule has 0 spiro atoms. The lowest BCUT2D eigenvalue weighted by Crippen LogP contribution is -2.35. The number of carbonyl (C=O) groups is 1. The van der Waals surface area contributed by atoms with Crippen LogP contribution in [0.4, 0.5) is 0 Å². The van der Waals surface area contributed by atoms with E-state index in [-0.39, 0.29) is 0 Å². The van der Waals surface area contributed by atoms with Crippen LogP contribution in [0.25, 0.3) is 0 Å². The maximum absolute atomic E-state index is 11.4. The van der Waals surface area contributed by atoms with Gasteiger partial charge in [-0.1, -0.05) is 13.3 Å². The molecule has 0 N–H and O–H groups in total. The van der Waals surface area contributed by atoms with E-state index in [9.17, 15) is 4.79 Å². The van der Waals surface area contributed by atoms with Crippen LogP contribution in [0.3, 0.4) is 0 Å². The second kappa shape index (κ2) is 5.22. The van der Waals surface area contributed by atoms with Gasteiger partial charge < -0.3 is 9.64 Å². The van der Waals surface area contributed by atoms with E-state index in [0.717, 1.165) is 32.2 Å². The first kappa shape index (κ1) is 10.5. The minimum atomic E-state index is 0.301. The molecule has 1 heterocycles. The molecule has 0 aliphatic carbocycles. The van der Waals surface area contributed by atoms with Crippen LogP contribution in [0.5, 0.6) is 0 Å². The largest absolute Gasteiger partial charge is 0.383 e. The van der Waals surface area contributed by atoms with Crippen LogP contribution in [0.15, 0.2) is 0 Å². The Labute approximate surface area is 80.1 Å². The summed E-state index contributed by atoms with van der Waals surface area (Å²) in [5, 5.41) is 0. The van der Waals surface area contributed by atoms with Gasteiger partial charge in [0.1, 0.15) is 0 Å². The monoisotopic (exact) mass is 185 g/mol. The predicted molar refractivity (Wildman–Crippen MR) is 51.5 cm³/mol. The summed E-state index contributed by atoms with van der Waals surface area (Å²) in [7, 11) is 1.68. The molecular formula is C10H19NO2. The number of hydrogen-bond donors (Lipinski definition) is 0. The number of hydrogen-bond acceptors (Lipinski definition) is 2. The molecule has 13 heavy (non-hydrogen) atoms. The Morgan fingerprint density at radius 2 is 2.38 bits per heavy atom. The van der Waals surface area contributed by atoms with Crippen molar-refractivity contribution in [2.75, 3.05) is 20.3 Å². The van der Waals surface area contributed by atoms with E-state index in [1.807, 2.05) is 4.90 Å². The van der Waals surface area contributed by atoms with Crippen molar-refractivity contribution < 1.29 is 9.53 Å². The normalized spacial score (nSPS) is 22.8. The third-order valence-corrected chi connectivity index (χ3v) is 2.61. The van der Waals surface area contributed by atoms with Crippen molar-refractivity contribution in [2.24, 2.45) is 0 Å². The van der Waals surface area contributed by atoms with E-state index in [0.29, 0.717) is 18.6 Å². The standard InChI is InChI=1S/C10H19NO2/c1-3-4-9-5-6-10(12)11(9)7-8-13-2/h9H,3-8H2,1-2H3. The molecule has 1 aliphatic rings. The highest BCUT2D eigenvalue weighted by molar-refractivity contribution is 5.78. The predicted octanol–water partition coefficient (Wildman–Crippen LogP) is 1.42. The summed E-state index contributed by atoms with van der Waals surface area (Å²) >= 11 is 0. The second-order valence-electron chi connectivity index (χ2n) is 3.56. The number of methoxy groups -OCH3 is 1. The van der Waals surface area contributed by atoms with Crippen LogP contribution in [0, 0.1) is 0 Å². The second-order valence-corrected chi connectivity index (χ2v) is 3.56. The first-order chi connectivity index (χ1) is 6.29. The Kier molecular flexibility index (Phi) is 4.22. The van der Waals surface area contributed by atoms with E-state index in [2.05, 4.69) is 6.92 Å². The van der Waals surface area contributed by atoms with Gasteiger partial charge in [0.25, 0.3) is 0 Å². The highest BCUT2D eigenvalue weighted by atomic mass is 16.5. The van der Waals surface area contributed by atoms with Gasteiger partial charge in [-0.2, -0.15) is 0 Å². The van der Waals surface area contributed by atoms with Crippen molar-refractivity contribution in [3.63, 3.8) is 0 Å². The van der Waals surface area contributed by atoms with E-state index in [4.69, 9.17) is 4.74 Å². The van der Waals surface area contributed by atoms with Gasteiger partial charge in [0.2, 0.25) is 5.91 Å². The molecule has 76 valence electrons. The van der Waals surface area contributed by atoms with Crippen LogP contribution in [-0.4, -0.2) is 37.1 Å². The maximum Gasteiger partial charge on any atom is 0.222 e. The van der Waals surface area contributed by atoms with Gasteiger partial charge in [-0.3, -0.25) is 4.79 Å². The average molecular weight is 185 g/mol. The van der Waals surface area contributed by atoms with Gasteiger partial charge >= 0.3 is 0 Å². The Bertz CT molecular complexity index is 170. The molecule has 1 rings (SSSR count). The summed E-state index contributed by atoms with van der Waals surface area (Å²) < 4.78 is 4.98. The number of rotatable bonds is 5. The van der Waals surface area contributed by atoms with Crippen molar-refractivity contribution in [1.29, 1.82) is 0 Å². The number of nitrogens with zero attached hydrogens (tertiary/aromatic N) is 1. The molecule has 1 fully saturated rings. The fourth-order valence-corrected chi connectivity index (χ4v) is 1.92. The van der Waals surface area contributed by atoms with Gasteiger partial charge in [0, 0.05) is 26.1 Å². The van der Waals surface area contributed by atoms with Gasteiger partial charge in [-0.15, -0.1) is 0 Å². The van der Waals surface area contributed by atoms with Crippen molar-refractivity contribution in [2.45, 2.75) is 38.6 Å². The molecule has 0 radical (unpaired) electrons. The lowest BCUT2D eigenvalue weighted by Gasteiger charge is -2.23. The summed E-state index contributed by atoms with van der Waals surface area (Å²) in [6.45, 7) is 3.59. The zero-order valence-corrected chi connectivity index (χ0v) is 8.58. The summed E-state index contributed by atoms with van der Waals surface area (Å²) in [5.41, 5.74) is 0. The smallest absolute Gasteiger partial charge is 0.222 e. The van der Waals surface area contributed by atoms with Crippen molar-refractivity contribution in [3.8, 4) is 0 Å². The summed E-state index contributed by atoms with van der Waals surface area (Å²) in [4.78, 5) is 13.4. The highest BCUT2D eigenvalue weighted by Crippen LogP contribution is 2.21. The zero-order chi connectivity index (χ0) is 9.68. The topological polar surface area (TPSA) is 29.5 Å². The molecule has 0 saturated carbocycles. The molecular weight excluding hydrogens is 166 g/mol. The Balaban J connectivity index is 2.40. The molecule has 1 unspecified atom stereocenters. The van der Waals surface area contributed by atoms with Crippen LogP contribution in [0.1, 0.15) is 32.6 Å². The quantitative estimate of drug-likeness (QED) is 0.648.